The number of fused-ring (bicyclic) bond motifs is 1. The number of hydrogen-bond acceptors (Lipinski definition) is 5. The summed E-state index contributed by atoms with van der Waals surface area (Å²) in [5.74, 6) is 1.84. The van der Waals surface area contributed by atoms with Crippen molar-refractivity contribution >= 4 is 23.5 Å². The number of rotatable bonds is 8. The molecule has 1 aromatic heterocycles. The molecule has 1 atom stereocenters. The Kier molecular flexibility index (Phi) is 6.78. The summed E-state index contributed by atoms with van der Waals surface area (Å²) in [5.41, 5.74) is 1.22. The zero-order valence-electron chi connectivity index (χ0n) is 16.7. The molecule has 7 heteroatoms. The maximum absolute atomic E-state index is 12.8. The number of carbonyl (C=O) groups excluding carboxylic acids is 1. The average molecular weight is 402 g/mol. The molecule has 2 heterocycles. The summed E-state index contributed by atoms with van der Waals surface area (Å²) >= 11 is 1.53. The third-order valence-corrected chi connectivity index (χ3v) is 6.02. The first-order valence-corrected chi connectivity index (χ1v) is 10.8. The highest BCUT2D eigenvalue weighted by Gasteiger charge is 2.32. The minimum atomic E-state index is -0.301. The van der Waals surface area contributed by atoms with Crippen LogP contribution >= 0.6 is 11.8 Å². The van der Waals surface area contributed by atoms with Gasteiger partial charge in [-0.1, -0.05) is 44.2 Å². The lowest BCUT2D eigenvalue weighted by Crippen LogP contribution is -2.33. The van der Waals surface area contributed by atoms with Crippen LogP contribution in [0.5, 0.6) is 5.75 Å². The Labute approximate surface area is 169 Å². The van der Waals surface area contributed by atoms with Gasteiger partial charge in [0.1, 0.15) is 11.6 Å². The van der Waals surface area contributed by atoms with Gasteiger partial charge < -0.3 is 14.6 Å². The standard InChI is InChI=1S/C21H27N3O3S/c1-4-6-11-27-15-9-7-14(8-10-15)16-13-17(25)22-19-18(16)20(26)23-21(24(19)3)28-12-5-2/h7-10,16H,4-6,11-13H2,1-3H3,(H,22,25). The van der Waals surface area contributed by atoms with E-state index in [-0.39, 0.29) is 23.8 Å². The summed E-state index contributed by atoms with van der Waals surface area (Å²) in [7, 11) is 1.84. The molecule has 28 heavy (non-hydrogen) atoms. The summed E-state index contributed by atoms with van der Waals surface area (Å²) in [6.45, 7) is 4.89. The maximum atomic E-state index is 12.8. The van der Waals surface area contributed by atoms with Gasteiger partial charge in [0.15, 0.2) is 5.16 Å². The van der Waals surface area contributed by atoms with Crippen molar-refractivity contribution in [3.8, 4) is 5.75 Å². The van der Waals surface area contributed by atoms with Gasteiger partial charge in [-0.25, -0.2) is 0 Å². The van der Waals surface area contributed by atoms with Crippen LogP contribution in [0.25, 0.3) is 0 Å². The van der Waals surface area contributed by atoms with E-state index in [9.17, 15) is 9.59 Å². The van der Waals surface area contributed by atoms with Crippen molar-refractivity contribution in [3.05, 3.63) is 45.7 Å². The van der Waals surface area contributed by atoms with Crippen LogP contribution in [0.3, 0.4) is 0 Å². The first kappa shape index (κ1) is 20.5. The van der Waals surface area contributed by atoms with Gasteiger partial charge in [-0.3, -0.25) is 9.59 Å². The van der Waals surface area contributed by atoms with Crippen molar-refractivity contribution in [3.63, 3.8) is 0 Å². The topological polar surface area (TPSA) is 73.2 Å². The minimum Gasteiger partial charge on any atom is -0.494 e. The van der Waals surface area contributed by atoms with E-state index in [1.54, 1.807) is 0 Å². The molecule has 0 saturated heterocycles. The molecule has 0 saturated carbocycles. The van der Waals surface area contributed by atoms with Crippen LogP contribution in [0.4, 0.5) is 5.82 Å². The molecule has 0 spiro atoms. The first-order valence-electron chi connectivity index (χ1n) is 9.81. The number of nitrogens with one attached hydrogen (secondary N) is 1. The van der Waals surface area contributed by atoms with Gasteiger partial charge in [0.05, 0.1) is 12.2 Å². The Morgan fingerprint density at radius 2 is 1.96 bits per heavy atom. The molecule has 0 radical (unpaired) electrons. The molecular formula is C21H27N3O3S. The molecule has 3 rings (SSSR count). The van der Waals surface area contributed by atoms with Crippen molar-refractivity contribution < 1.29 is 9.53 Å². The second-order valence-electron chi connectivity index (χ2n) is 6.95. The van der Waals surface area contributed by atoms with Gasteiger partial charge in [0.25, 0.3) is 5.56 Å². The lowest BCUT2D eigenvalue weighted by molar-refractivity contribution is -0.116. The molecule has 1 unspecified atom stereocenters. The SMILES string of the molecule is CCCCOc1ccc(C2CC(=O)Nc3c2c(=O)nc(SCCC)n3C)cc1. The summed E-state index contributed by atoms with van der Waals surface area (Å²) < 4.78 is 7.54. The minimum absolute atomic E-state index is 0.0894. The molecular weight excluding hydrogens is 374 g/mol. The van der Waals surface area contributed by atoms with Crippen LogP contribution < -0.4 is 15.6 Å². The van der Waals surface area contributed by atoms with Gasteiger partial charge in [-0.2, -0.15) is 4.98 Å². The molecule has 150 valence electrons. The molecule has 1 N–H and O–H groups in total. The van der Waals surface area contributed by atoms with Crippen LogP contribution in [0, 0.1) is 0 Å². The number of hydrogen-bond donors (Lipinski definition) is 1. The van der Waals surface area contributed by atoms with E-state index in [0.29, 0.717) is 23.1 Å². The summed E-state index contributed by atoms with van der Waals surface area (Å²) in [5, 5.41) is 3.51. The van der Waals surface area contributed by atoms with Gasteiger partial charge in [-0.15, -0.1) is 0 Å². The number of ether oxygens (including phenoxy) is 1. The first-order chi connectivity index (χ1) is 13.5. The van der Waals surface area contributed by atoms with E-state index in [1.165, 1.54) is 11.8 Å². The van der Waals surface area contributed by atoms with E-state index in [4.69, 9.17) is 4.74 Å². The van der Waals surface area contributed by atoms with Crippen LogP contribution in [0.1, 0.15) is 56.6 Å². The fourth-order valence-electron chi connectivity index (χ4n) is 3.27. The molecule has 0 aliphatic carbocycles. The lowest BCUT2D eigenvalue weighted by atomic mass is 9.87. The summed E-state index contributed by atoms with van der Waals surface area (Å²) in [4.78, 5) is 29.5. The Morgan fingerprint density at radius 3 is 2.64 bits per heavy atom. The Hall–Kier alpha value is -2.28. The predicted molar refractivity (Wildman–Crippen MR) is 112 cm³/mol. The van der Waals surface area contributed by atoms with Crippen LogP contribution in [0.15, 0.2) is 34.2 Å². The van der Waals surface area contributed by atoms with E-state index >= 15 is 0 Å². The molecule has 0 fully saturated rings. The summed E-state index contributed by atoms with van der Waals surface area (Å²) in [6.07, 6.45) is 3.32. The third kappa shape index (κ3) is 4.41. The fraction of sp³-hybridized carbons (Fsp3) is 0.476. The van der Waals surface area contributed by atoms with Crippen molar-refractivity contribution in [1.82, 2.24) is 9.55 Å². The number of nitrogens with zero attached hydrogens (tertiary/aromatic N) is 2. The monoisotopic (exact) mass is 401 g/mol. The van der Waals surface area contributed by atoms with Crippen molar-refractivity contribution in [2.75, 3.05) is 17.7 Å². The van der Waals surface area contributed by atoms with E-state index < -0.39 is 0 Å². The smallest absolute Gasteiger partial charge is 0.279 e. The molecule has 1 amide bonds. The van der Waals surface area contributed by atoms with E-state index in [1.807, 2.05) is 35.9 Å². The van der Waals surface area contributed by atoms with Gasteiger partial charge >= 0.3 is 0 Å². The second-order valence-corrected chi connectivity index (χ2v) is 8.01. The molecule has 1 aliphatic rings. The van der Waals surface area contributed by atoms with Gasteiger partial charge in [0.2, 0.25) is 5.91 Å². The number of anilines is 1. The molecule has 6 nitrogen and oxygen atoms in total. The maximum Gasteiger partial charge on any atom is 0.279 e. The van der Waals surface area contributed by atoms with Crippen molar-refractivity contribution in [1.29, 1.82) is 0 Å². The van der Waals surface area contributed by atoms with Crippen LogP contribution in [-0.4, -0.2) is 27.8 Å². The molecule has 1 aliphatic heterocycles. The number of unbranched alkanes of at least 4 members (excludes halogenated alkanes) is 1. The van der Waals surface area contributed by atoms with Gasteiger partial charge in [0, 0.05) is 25.1 Å². The Morgan fingerprint density at radius 1 is 1.21 bits per heavy atom. The number of aromatic nitrogens is 2. The van der Waals surface area contributed by atoms with Gasteiger partial charge in [-0.05, 0) is 30.5 Å². The highest BCUT2D eigenvalue weighted by atomic mass is 32.2. The summed E-state index contributed by atoms with van der Waals surface area (Å²) in [6, 6.07) is 7.68. The van der Waals surface area contributed by atoms with E-state index in [2.05, 4.69) is 24.1 Å². The normalized spacial score (nSPS) is 15.8. The van der Waals surface area contributed by atoms with Crippen LogP contribution in [0.2, 0.25) is 0 Å². The number of thioether (sulfide) groups is 1. The van der Waals surface area contributed by atoms with Crippen molar-refractivity contribution in [2.45, 2.75) is 50.6 Å². The quantitative estimate of drug-likeness (QED) is 0.412. The van der Waals surface area contributed by atoms with Crippen molar-refractivity contribution in [2.24, 2.45) is 7.05 Å². The Balaban J connectivity index is 1.93. The fourth-order valence-corrected chi connectivity index (χ4v) is 4.09. The third-order valence-electron chi connectivity index (χ3n) is 4.79. The van der Waals surface area contributed by atoms with E-state index in [0.717, 1.165) is 36.3 Å². The zero-order valence-corrected chi connectivity index (χ0v) is 17.5. The molecule has 2 aromatic rings. The molecule has 0 bridgehead atoms. The highest BCUT2D eigenvalue weighted by Crippen LogP contribution is 2.36. The number of amides is 1. The van der Waals surface area contributed by atoms with Crippen LogP contribution in [-0.2, 0) is 11.8 Å². The number of benzene rings is 1. The molecule has 1 aromatic carbocycles. The largest absolute Gasteiger partial charge is 0.494 e. The predicted octanol–water partition coefficient (Wildman–Crippen LogP) is 3.94. The number of carbonyl (C=O) groups is 1. The lowest BCUT2D eigenvalue weighted by Gasteiger charge is -2.27. The second kappa shape index (κ2) is 9.28. The Bertz CT molecular complexity index is 893. The zero-order chi connectivity index (χ0) is 20.1. The average Bonchev–Trinajstić information content (AvgIpc) is 2.69. The highest BCUT2D eigenvalue weighted by molar-refractivity contribution is 7.99.